The fraction of sp³-hybridized carbons (Fsp3) is 0.233. The number of rotatable bonds is 7. The van der Waals surface area contributed by atoms with Crippen molar-refractivity contribution >= 4 is 17.6 Å². The lowest BCUT2D eigenvalue weighted by molar-refractivity contribution is -0.137. The molecule has 10 heteroatoms. The van der Waals surface area contributed by atoms with E-state index < -0.39 is 17.6 Å². The van der Waals surface area contributed by atoms with Gasteiger partial charge in [0, 0.05) is 35.3 Å². The molecule has 0 spiro atoms. The van der Waals surface area contributed by atoms with Gasteiger partial charge in [-0.15, -0.1) is 0 Å². The fourth-order valence-electron chi connectivity index (χ4n) is 4.58. The summed E-state index contributed by atoms with van der Waals surface area (Å²) in [5.74, 6) is -0.757. The number of amides is 2. The number of carbonyl (C=O) groups is 2. The van der Waals surface area contributed by atoms with Crippen molar-refractivity contribution in [2.45, 2.75) is 37.8 Å². The van der Waals surface area contributed by atoms with Crippen LogP contribution in [0, 0.1) is 0 Å². The molecule has 1 saturated carbocycles. The molecule has 1 aliphatic rings. The first-order chi connectivity index (χ1) is 19.2. The van der Waals surface area contributed by atoms with Crippen molar-refractivity contribution in [2.75, 3.05) is 11.9 Å². The summed E-state index contributed by atoms with van der Waals surface area (Å²) in [6.07, 6.45) is -0.957. The summed E-state index contributed by atoms with van der Waals surface area (Å²) in [6, 6.07) is 19.7. The summed E-state index contributed by atoms with van der Waals surface area (Å²) >= 11 is 0. The highest BCUT2D eigenvalue weighted by atomic mass is 19.4. The van der Waals surface area contributed by atoms with Crippen molar-refractivity contribution in [1.29, 1.82) is 0 Å². The normalized spacial score (nSPS) is 13.5. The van der Waals surface area contributed by atoms with Crippen LogP contribution in [0.25, 0.3) is 11.3 Å². The zero-order valence-corrected chi connectivity index (χ0v) is 21.4. The number of nitrogens with one attached hydrogen (secondary N) is 2. The number of aromatic hydroxyl groups is 1. The Balaban J connectivity index is 1.32. The lowest BCUT2D eigenvalue weighted by Crippen LogP contribution is -2.33. The minimum Gasteiger partial charge on any atom is -0.507 e. The van der Waals surface area contributed by atoms with Crippen LogP contribution >= 0.6 is 0 Å². The summed E-state index contributed by atoms with van der Waals surface area (Å²) < 4.78 is 40.4. The van der Waals surface area contributed by atoms with E-state index in [9.17, 15) is 27.9 Å². The summed E-state index contributed by atoms with van der Waals surface area (Å²) in [6.45, 7) is 0.438. The first-order valence-electron chi connectivity index (χ1n) is 12.9. The predicted molar refractivity (Wildman–Crippen MR) is 144 cm³/mol. The molecule has 1 aromatic heterocycles. The van der Waals surface area contributed by atoms with Crippen LogP contribution < -0.4 is 10.6 Å². The van der Waals surface area contributed by atoms with E-state index in [1.165, 1.54) is 22.9 Å². The van der Waals surface area contributed by atoms with Crippen LogP contribution in [-0.2, 0) is 12.6 Å². The Hall–Kier alpha value is -4.60. The average Bonchev–Trinajstić information content (AvgIpc) is 3.32. The Kier molecular flexibility index (Phi) is 7.59. The maximum absolute atomic E-state index is 13.0. The van der Waals surface area contributed by atoms with Crippen LogP contribution in [0.15, 0.2) is 78.9 Å². The number of aromatic nitrogens is 2. The Morgan fingerprint density at radius 1 is 0.975 bits per heavy atom. The Labute approximate surface area is 228 Å². The zero-order chi connectivity index (χ0) is 28.3. The zero-order valence-electron chi connectivity index (χ0n) is 21.4. The Morgan fingerprint density at radius 2 is 1.75 bits per heavy atom. The first kappa shape index (κ1) is 27.0. The predicted octanol–water partition coefficient (Wildman–Crippen LogP) is 6.59. The Bertz CT molecular complexity index is 1530. The maximum Gasteiger partial charge on any atom is 0.416 e. The number of alkyl halides is 3. The Morgan fingerprint density at radius 3 is 2.42 bits per heavy atom. The van der Waals surface area contributed by atoms with Crippen molar-refractivity contribution < 1.29 is 27.9 Å². The van der Waals surface area contributed by atoms with Crippen LogP contribution in [0.2, 0.25) is 0 Å². The number of halogens is 3. The molecule has 1 heterocycles. The van der Waals surface area contributed by atoms with E-state index in [2.05, 4.69) is 15.7 Å². The third-order valence-corrected chi connectivity index (χ3v) is 6.97. The second-order valence-electron chi connectivity index (χ2n) is 9.73. The fourth-order valence-corrected chi connectivity index (χ4v) is 4.58. The molecule has 3 N–H and O–H groups in total. The molecule has 0 aliphatic heterocycles. The van der Waals surface area contributed by atoms with Gasteiger partial charge >= 0.3 is 12.2 Å². The molecule has 1 aliphatic carbocycles. The van der Waals surface area contributed by atoms with E-state index in [-0.39, 0.29) is 28.9 Å². The number of anilines is 1. The molecular formula is C30H27F3N4O3. The van der Waals surface area contributed by atoms with Crippen molar-refractivity contribution in [3.05, 3.63) is 101 Å². The highest BCUT2D eigenvalue weighted by Crippen LogP contribution is 2.39. The van der Waals surface area contributed by atoms with Gasteiger partial charge in [0.1, 0.15) is 5.75 Å². The summed E-state index contributed by atoms with van der Waals surface area (Å²) in [7, 11) is 0. The second kappa shape index (κ2) is 11.3. The standard InChI is InChI=1S/C30H27F3N4O3/c31-30(32,33)22-11-5-10-21(16-22)28(39)35-23-12-13-24(27(38)17-23)25-18-26(20-8-4-9-20)37(36-25)29(40)34-15-14-19-6-2-1-3-7-19/h1-3,5-7,10-13,16-18,20,38H,4,8-9,14-15H2,(H,34,40)(H,35,39). The highest BCUT2D eigenvalue weighted by Gasteiger charge is 2.31. The third-order valence-electron chi connectivity index (χ3n) is 6.97. The van der Waals surface area contributed by atoms with Gasteiger partial charge in [-0.05, 0) is 61.2 Å². The molecule has 4 aromatic rings. The van der Waals surface area contributed by atoms with Crippen molar-refractivity contribution in [3.8, 4) is 17.0 Å². The summed E-state index contributed by atoms with van der Waals surface area (Å²) in [5, 5.41) is 20.7. The monoisotopic (exact) mass is 548 g/mol. The van der Waals surface area contributed by atoms with Gasteiger partial charge < -0.3 is 15.7 Å². The first-order valence-corrected chi connectivity index (χ1v) is 12.9. The summed E-state index contributed by atoms with van der Waals surface area (Å²) in [4.78, 5) is 25.6. The highest BCUT2D eigenvalue weighted by molar-refractivity contribution is 6.04. The van der Waals surface area contributed by atoms with Crippen LogP contribution in [0.1, 0.15) is 52.4 Å². The molecule has 0 saturated heterocycles. The molecule has 3 aromatic carbocycles. The maximum atomic E-state index is 13.0. The molecule has 5 rings (SSSR count). The van der Waals surface area contributed by atoms with Gasteiger partial charge in [-0.1, -0.05) is 42.8 Å². The number of benzene rings is 3. The molecule has 40 heavy (non-hydrogen) atoms. The lowest BCUT2D eigenvalue weighted by Gasteiger charge is -2.25. The van der Waals surface area contributed by atoms with E-state index in [0.717, 1.165) is 48.7 Å². The average molecular weight is 549 g/mol. The van der Waals surface area contributed by atoms with Crippen molar-refractivity contribution in [3.63, 3.8) is 0 Å². The number of hydrogen-bond donors (Lipinski definition) is 3. The molecule has 0 unspecified atom stereocenters. The van der Waals surface area contributed by atoms with Crippen LogP contribution in [0.3, 0.4) is 0 Å². The minimum absolute atomic E-state index is 0.166. The third kappa shape index (κ3) is 6.01. The number of nitrogens with zero attached hydrogens (tertiary/aromatic N) is 2. The summed E-state index contributed by atoms with van der Waals surface area (Å²) in [5.41, 5.74) is 1.72. The molecule has 7 nitrogen and oxygen atoms in total. The van der Waals surface area contributed by atoms with Gasteiger partial charge in [-0.25, -0.2) is 4.79 Å². The molecule has 206 valence electrons. The quantitative estimate of drug-likeness (QED) is 0.243. The smallest absolute Gasteiger partial charge is 0.416 e. The van der Waals surface area contributed by atoms with Crippen molar-refractivity contribution in [1.82, 2.24) is 15.1 Å². The van der Waals surface area contributed by atoms with E-state index in [4.69, 9.17) is 0 Å². The number of carbonyl (C=O) groups excluding carboxylic acids is 2. The lowest BCUT2D eigenvalue weighted by atomic mass is 9.82. The van der Waals surface area contributed by atoms with Crippen LogP contribution in [0.5, 0.6) is 5.75 Å². The SMILES string of the molecule is O=C(Nc1ccc(-c2cc(C3CCC3)n(C(=O)NCCc3ccccc3)n2)c(O)c1)c1cccc(C(F)(F)F)c1. The molecular weight excluding hydrogens is 521 g/mol. The van der Waals surface area contributed by atoms with Gasteiger partial charge in [0.05, 0.1) is 17.0 Å². The topological polar surface area (TPSA) is 96.3 Å². The second-order valence-corrected chi connectivity index (χ2v) is 9.73. The van der Waals surface area contributed by atoms with E-state index in [1.54, 1.807) is 12.1 Å². The minimum atomic E-state index is -4.57. The molecule has 2 amide bonds. The molecule has 0 radical (unpaired) electrons. The molecule has 1 fully saturated rings. The van der Waals surface area contributed by atoms with E-state index in [1.807, 2.05) is 30.3 Å². The largest absolute Gasteiger partial charge is 0.507 e. The van der Waals surface area contributed by atoms with Gasteiger partial charge in [0.2, 0.25) is 0 Å². The number of phenols is 1. The van der Waals surface area contributed by atoms with Gasteiger partial charge in [0.25, 0.3) is 5.91 Å². The van der Waals surface area contributed by atoms with E-state index in [0.29, 0.717) is 24.2 Å². The van der Waals surface area contributed by atoms with Crippen molar-refractivity contribution in [2.24, 2.45) is 0 Å². The van der Waals surface area contributed by atoms with Crippen LogP contribution in [-0.4, -0.2) is 33.4 Å². The van der Waals surface area contributed by atoms with Gasteiger partial charge in [-0.2, -0.15) is 23.0 Å². The molecule has 0 atom stereocenters. The number of hydrogen-bond acceptors (Lipinski definition) is 4. The van der Waals surface area contributed by atoms with Gasteiger partial charge in [-0.3, -0.25) is 4.79 Å². The molecule has 0 bridgehead atoms. The van der Waals surface area contributed by atoms with E-state index >= 15 is 0 Å². The van der Waals surface area contributed by atoms with Gasteiger partial charge in [0.15, 0.2) is 0 Å². The van der Waals surface area contributed by atoms with Crippen LogP contribution in [0.4, 0.5) is 23.7 Å². The number of phenolic OH excluding ortho intramolecular Hbond substituents is 1.